The zero-order valence-corrected chi connectivity index (χ0v) is 16.1. The lowest BCUT2D eigenvalue weighted by atomic mass is 10.1. The Balaban J connectivity index is 1.65. The Morgan fingerprint density at radius 3 is 2.45 bits per heavy atom. The number of fused-ring (bicyclic) bond motifs is 1. The molecule has 0 aliphatic carbocycles. The molecular weight excluding hydrogens is 415 g/mol. The summed E-state index contributed by atoms with van der Waals surface area (Å²) in [5.41, 5.74) is 5.32. The van der Waals surface area contributed by atoms with Gasteiger partial charge in [-0.25, -0.2) is 9.97 Å². The van der Waals surface area contributed by atoms with Crippen LogP contribution in [-0.4, -0.2) is 52.9 Å². The third-order valence-electron chi connectivity index (χ3n) is 4.86. The average Bonchev–Trinajstić information content (AvgIpc) is 3.15. The number of nitrogens with one attached hydrogen (secondary N) is 3. The number of carbonyl (C=O) groups excluding carboxylic acids is 2. The molecule has 0 saturated carbocycles. The van der Waals surface area contributed by atoms with Crippen molar-refractivity contribution in [1.29, 1.82) is 0 Å². The number of halogens is 3. The number of primary amides is 1. The van der Waals surface area contributed by atoms with Gasteiger partial charge >= 0.3 is 6.18 Å². The lowest BCUT2D eigenvalue weighted by Crippen LogP contribution is -2.46. The number of aromatic nitrogens is 2. The van der Waals surface area contributed by atoms with E-state index in [-0.39, 0.29) is 17.3 Å². The van der Waals surface area contributed by atoms with Crippen molar-refractivity contribution < 1.29 is 22.8 Å². The van der Waals surface area contributed by atoms with Crippen LogP contribution in [0, 0.1) is 0 Å². The fourth-order valence-corrected chi connectivity index (χ4v) is 3.35. The van der Waals surface area contributed by atoms with Gasteiger partial charge in [0.15, 0.2) is 5.82 Å². The lowest BCUT2D eigenvalue weighted by Gasteiger charge is -2.27. The first-order valence-electron chi connectivity index (χ1n) is 9.37. The van der Waals surface area contributed by atoms with E-state index >= 15 is 0 Å². The number of benzene rings is 1. The minimum atomic E-state index is -4.70. The highest BCUT2D eigenvalue weighted by atomic mass is 19.4. The Hall–Kier alpha value is -3.67. The summed E-state index contributed by atoms with van der Waals surface area (Å²) in [4.78, 5) is 33.7. The van der Waals surface area contributed by atoms with E-state index in [1.54, 1.807) is 23.1 Å². The molecule has 2 aliphatic heterocycles. The van der Waals surface area contributed by atoms with E-state index in [9.17, 15) is 22.8 Å². The number of rotatable bonds is 3. The standard InChI is InChI=1S/C19H18F3N7O2/c20-19(21,22)13-3-4-25-16(28-13)14(15(23)30)17-26-11-2-1-10(9-12(11)27-17)18(31)29-7-5-24-6-8-29/h1-4,9,24,26-27H,5-8H2,(H2,23,30)/b17-14+. The van der Waals surface area contributed by atoms with E-state index in [1.165, 1.54) is 0 Å². The molecule has 3 heterocycles. The predicted octanol–water partition coefficient (Wildman–Crippen LogP) is 1.23. The van der Waals surface area contributed by atoms with Gasteiger partial charge in [0.2, 0.25) is 0 Å². The van der Waals surface area contributed by atoms with E-state index in [0.717, 1.165) is 6.20 Å². The van der Waals surface area contributed by atoms with Gasteiger partial charge in [0.25, 0.3) is 11.8 Å². The number of nitrogens with zero attached hydrogens (tertiary/aromatic N) is 3. The highest BCUT2D eigenvalue weighted by molar-refractivity contribution is 6.20. The Labute approximate surface area is 174 Å². The normalized spacial score (nSPS) is 17.5. The highest BCUT2D eigenvalue weighted by Gasteiger charge is 2.34. The number of alkyl halides is 3. The number of carbonyl (C=O) groups is 2. The maximum atomic E-state index is 13.0. The van der Waals surface area contributed by atoms with E-state index in [1.807, 2.05) is 0 Å². The summed E-state index contributed by atoms with van der Waals surface area (Å²) < 4.78 is 39.0. The molecule has 162 valence electrons. The first-order chi connectivity index (χ1) is 14.7. The van der Waals surface area contributed by atoms with Gasteiger partial charge in [-0.1, -0.05) is 0 Å². The van der Waals surface area contributed by atoms with Gasteiger partial charge in [-0.05, 0) is 24.3 Å². The number of piperazine rings is 1. The molecule has 1 aromatic carbocycles. The van der Waals surface area contributed by atoms with E-state index in [2.05, 4.69) is 25.9 Å². The summed E-state index contributed by atoms with van der Waals surface area (Å²) in [5, 5.41) is 8.96. The SMILES string of the molecule is NC(=O)/C(=C1/Nc2ccc(C(=O)N3CCNCC3)cc2N1)c1nccc(C(F)(F)F)n1. The van der Waals surface area contributed by atoms with Crippen LogP contribution in [-0.2, 0) is 11.0 Å². The molecule has 0 radical (unpaired) electrons. The number of hydrogen-bond donors (Lipinski definition) is 4. The van der Waals surface area contributed by atoms with Crippen molar-refractivity contribution in [3.63, 3.8) is 0 Å². The number of hydrogen-bond acceptors (Lipinski definition) is 7. The Morgan fingerprint density at radius 2 is 1.77 bits per heavy atom. The Morgan fingerprint density at radius 1 is 1.06 bits per heavy atom. The van der Waals surface area contributed by atoms with E-state index in [0.29, 0.717) is 49.2 Å². The molecular formula is C19H18F3N7O2. The molecule has 4 rings (SSSR count). The largest absolute Gasteiger partial charge is 0.433 e. The van der Waals surface area contributed by atoms with Crippen LogP contribution >= 0.6 is 0 Å². The van der Waals surface area contributed by atoms with Crippen molar-refractivity contribution in [1.82, 2.24) is 20.2 Å². The third kappa shape index (κ3) is 4.14. The van der Waals surface area contributed by atoms with Crippen molar-refractivity contribution in [2.24, 2.45) is 5.73 Å². The fourth-order valence-electron chi connectivity index (χ4n) is 3.35. The first-order valence-corrected chi connectivity index (χ1v) is 9.37. The van der Waals surface area contributed by atoms with Crippen molar-refractivity contribution in [3.05, 3.63) is 53.4 Å². The Bertz CT molecular complexity index is 1080. The maximum absolute atomic E-state index is 13.0. The van der Waals surface area contributed by atoms with Crippen LogP contribution in [0.15, 0.2) is 36.3 Å². The van der Waals surface area contributed by atoms with Gasteiger partial charge in [-0.15, -0.1) is 0 Å². The second kappa shape index (κ2) is 7.87. The summed E-state index contributed by atoms with van der Waals surface area (Å²) in [6.45, 7) is 2.60. The molecule has 5 N–H and O–H groups in total. The quantitative estimate of drug-likeness (QED) is 0.537. The van der Waals surface area contributed by atoms with Crippen LogP contribution < -0.4 is 21.7 Å². The fraction of sp³-hybridized carbons (Fsp3) is 0.263. The summed E-state index contributed by atoms with van der Waals surface area (Å²) in [6.07, 6.45) is -3.80. The van der Waals surface area contributed by atoms with Crippen LogP contribution in [0.4, 0.5) is 24.5 Å². The van der Waals surface area contributed by atoms with Crippen molar-refractivity contribution >= 4 is 28.8 Å². The smallest absolute Gasteiger partial charge is 0.365 e. The van der Waals surface area contributed by atoms with Crippen LogP contribution in [0.2, 0.25) is 0 Å². The Kier molecular flexibility index (Phi) is 5.23. The lowest BCUT2D eigenvalue weighted by molar-refractivity contribution is -0.141. The summed E-state index contributed by atoms with van der Waals surface area (Å²) in [5.74, 6) is -1.59. The number of amides is 2. The van der Waals surface area contributed by atoms with Crippen molar-refractivity contribution in [2.75, 3.05) is 36.8 Å². The molecule has 0 spiro atoms. The molecule has 9 nitrogen and oxygen atoms in total. The van der Waals surface area contributed by atoms with Crippen LogP contribution in [0.1, 0.15) is 21.9 Å². The van der Waals surface area contributed by atoms with Gasteiger partial charge in [0.1, 0.15) is 17.1 Å². The van der Waals surface area contributed by atoms with E-state index in [4.69, 9.17) is 5.73 Å². The molecule has 31 heavy (non-hydrogen) atoms. The van der Waals surface area contributed by atoms with Gasteiger partial charge in [0.05, 0.1) is 11.4 Å². The second-order valence-electron chi connectivity index (χ2n) is 6.93. The first kappa shape index (κ1) is 20.6. The molecule has 0 bridgehead atoms. The molecule has 1 aromatic heterocycles. The molecule has 1 fully saturated rings. The minimum absolute atomic E-state index is 0.0357. The molecule has 12 heteroatoms. The summed E-state index contributed by atoms with van der Waals surface area (Å²) in [6, 6.07) is 5.57. The summed E-state index contributed by atoms with van der Waals surface area (Å²) >= 11 is 0. The van der Waals surface area contributed by atoms with Gasteiger partial charge in [-0.2, -0.15) is 13.2 Å². The van der Waals surface area contributed by atoms with Crippen LogP contribution in [0.25, 0.3) is 5.57 Å². The van der Waals surface area contributed by atoms with Gasteiger partial charge in [-0.3, -0.25) is 9.59 Å². The molecule has 2 aliphatic rings. The maximum Gasteiger partial charge on any atom is 0.433 e. The number of anilines is 2. The molecule has 0 unspecified atom stereocenters. The van der Waals surface area contributed by atoms with E-state index < -0.39 is 23.6 Å². The molecule has 0 atom stereocenters. The minimum Gasteiger partial charge on any atom is -0.365 e. The highest BCUT2D eigenvalue weighted by Crippen LogP contribution is 2.35. The van der Waals surface area contributed by atoms with Gasteiger partial charge in [0, 0.05) is 37.9 Å². The van der Waals surface area contributed by atoms with Crippen molar-refractivity contribution in [3.8, 4) is 0 Å². The average molecular weight is 433 g/mol. The molecule has 2 amide bonds. The van der Waals surface area contributed by atoms with Gasteiger partial charge < -0.3 is 26.6 Å². The summed E-state index contributed by atoms with van der Waals surface area (Å²) in [7, 11) is 0. The monoisotopic (exact) mass is 433 g/mol. The molecule has 1 saturated heterocycles. The predicted molar refractivity (Wildman–Crippen MR) is 106 cm³/mol. The second-order valence-corrected chi connectivity index (χ2v) is 6.93. The molecule has 2 aromatic rings. The van der Waals surface area contributed by atoms with Crippen LogP contribution in [0.5, 0.6) is 0 Å². The van der Waals surface area contributed by atoms with Crippen molar-refractivity contribution in [2.45, 2.75) is 6.18 Å². The zero-order valence-electron chi connectivity index (χ0n) is 16.1. The number of nitrogens with two attached hydrogens (primary N) is 1. The third-order valence-corrected chi connectivity index (χ3v) is 4.86. The topological polar surface area (TPSA) is 125 Å². The van der Waals surface area contributed by atoms with Crippen LogP contribution in [0.3, 0.4) is 0 Å². The zero-order chi connectivity index (χ0) is 22.2.